The molecule has 0 fully saturated rings. The molecule has 0 atom stereocenters. The molecule has 3 rings (SSSR count). The third-order valence-corrected chi connectivity index (χ3v) is 6.93. The van der Waals surface area contributed by atoms with Gasteiger partial charge >= 0.3 is 18.3 Å². The number of nitrogens with zero attached hydrogens (tertiary/aromatic N) is 1. The molecule has 1 heterocycles. The monoisotopic (exact) mass is 578 g/mol. The van der Waals surface area contributed by atoms with E-state index in [1.807, 2.05) is 13.8 Å². The van der Waals surface area contributed by atoms with Crippen molar-refractivity contribution >= 4 is 33.5 Å². The zero-order valence-electron chi connectivity index (χ0n) is 21.8. The summed E-state index contributed by atoms with van der Waals surface area (Å²) in [4.78, 5) is 22.2. The number of fused-ring (bicyclic) bond motifs is 1. The predicted molar refractivity (Wildman–Crippen MR) is 136 cm³/mol. The molecule has 0 unspecified atom stereocenters. The molecule has 0 saturated carbocycles. The first-order chi connectivity index (χ1) is 18.0. The Morgan fingerprint density at radius 1 is 1.08 bits per heavy atom. The largest absolute Gasteiger partial charge is 0.489 e. The lowest BCUT2D eigenvalue weighted by Crippen LogP contribution is -2.44. The van der Waals surface area contributed by atoms with Crippen LogP contribution >= 0.6 is 0 Å². The van der Waals surface area contributed by atoms with Crippen LogP contribution in [0.2, 0.25) is 0 Å². The lowest BCUT2D eigenvalue weighted by Gasteiger charge is -2.31. The van der Waals surface area contributed by atoms with Crippen LogP contribution in [0.3, 0.4) is 0 Å². The molecular formula is C24H30F4N4O6S. The molecule has 39 heavy (non-hydrogen) atoms. The first kappa shape index (κ1) is 31.5. The number of urea groups is 1. The fraction of sp³-hybridized carbons (Fsp3) is 0.417. The molecule has 1 aliphatic rings. The van der Waals surface area contributed by atoms with Crippen LogP contribution in [-0.2, 0) is 14.8 Å². The van der Waals surface area contributed by atoms with E-state index in [1.54, 1.807) is 7.05 Å². The second-order valence-electron chi connectivity index (χ2n) is 8.96. The van der Waals surface area contributed by atoms with Gasteiger partial charge in [-0.25, -0.2) is 22.4 Å². The second kappa shape index (κ2) is 12.4. The molecule has 2 aromatic carbocycles. The minimum absolute atomic E-state index is 0.00784. The number of hydrogen-bond acceptors (Lipinski definition) is 6. The number of ether oxygens (including phenoxy) is 2. The van der Waals surface area contributed by atoms with Gasteiger partial charge in [0.1, 0.15) is 18.2 Å². The number of rotatable bonds is 5. The van der Waals surface area contributed by atoms with E-state index >= 15 is 0 Å². The number of anilines is 2. The Labute approximate surface area is 223 Å². The summed E-state index contributed by atoms with van der Waals surface area (Å²) in [5, 5.41) is 7.24. The molecule has 216 valence electrons. The quantitative estimate of drug-likeness (QED) is 0.445. The van der Waals surface area contributed by atoms with Crippen molar-refractivity contribution in [3.8, 4) is 5.75 Å². The number of sulfonamides is 1. The van der Waals surface area contributed by atoms with Crippen LogP contribution in [0.5, 0.6) is 5.75 Å². The van der Waals surface area contributed by atoms with Crippen LogP contribution < -0.4 is 25.0 Å². The summed E-state index contributed by atoms with van der Waals surface area (Å²) < 4.78 is 88.8. The number of benzene rings is 2. The molecule has 10 nitrogen and oxygen atoms in total. The van der Waals surface area contributed by atoms with E-state index < -0.39 is 33.7 Å². The topological polar surface area (TPSA) is 126 Å². The summed E-state index contributed by atoms with van der Waals surface area (Å²) in [6.07, 6.45) is -6.15. The molecule has 0 aliphatic carbocycles. The Morgan fingerprint density at radius 3 is 2.21 bits per heavy atom. The lowest BCUT2D eigenvalue weighted by molar-refractivity contribution is -0.242. The maximum atomic E-state index is 13.2. The van der Waals surface area contributed by atoms with Crippen LogP contribution in [0.15, 0.2) is 47.4 Å². The van der Waals surface area contributed by atoms with Gasteiger partial charge in [-0.3, -0.25) is 9.62 Å². The van der Waals surface area contributed by atoms with E-state index in [0.29, 0.717) is 13.8 Å². The van der Waals surface area contributed by atoms with Gasteiger partial charge in [0.2, 0.25) is 5.60 Å². The number of carbonyl (C=O) groups excluding carboxylic acids is 2. The highest BCUT2D eigenvalue weighted by molar-refractivity contribution is 7.92. The minimum Gasteiger partial charge on any atom is -0.489 e. The zero-order chi connectivity index (χ0) is 29.6. The van der Waals surface area contributed by atoms with Gasteiger partial charge in [0.15, 0.2) is 0 Å². The van der Waals surface area contributed by atoms with Gasteiger partial charge in [-0.1, -0.05) is 0 Å². The summed E-state index contributed by atoms with van der Waals surface area (Å²) in [6.45, 7) is 5.20. The van der Waals surface area contributed by atoms with E-state index in [-0.39, 0.29) is 47.2 Å². The molecule has 1 aliphatic heterocycles. The number of amides is 3. The SMILES string of the molecule is CC(C)(OC(=O)Nc1ccc2c(c1)N(S(=O)(=O)c1ccc(F)cc1)CCO2)C(F)(F)F.CNC(=O)NC(C)C. The molecular weight excluding hydrogens is 548 g/mol. The Bertz CT molecular complexity index is 1270. The van der Waals surface area contributed by atoms with Crippen molar-refractivity contribution in [2.24, 2.45) is 0 Å². The highest BCUT2D eigenvalue weighted by Crippen LogP contribution is 2.38. The van der Waals surface area contributed by atoms with Gasteiger partial charge in [0, 0.05) is 18.8 Å². The molecule has 0 aromatic heterocycles. The molecule has 0 spiro atoms. The smallest absolute Gasteiger partial charge is 0.427 e. The van der Waals surface area contributed by atoms with Crippen molar-refractivity contribution in [2.45, 2.75) is 50.4 Å². The summed E-state index contributed by atoms with van der Waals surface area (Å²) >= 11 is 0. The normalized spacial score (nSPS) is 13.3. The molecule has 0 radical (unpaired) electrons. The number of hydrogen-bond donors (Lipinski definition) is 3. The molecule has 0 bridgehead atoms. The van der Waals surface area contributed by atoms with Gasteiger partial charge < -0.3 is 20.1 Å². The van der Waals surface area contributed by atoms with Crippen LogP contribution in [0, 0.1) is 5.82 Å². The van der Waals surface area contributed by atoms with Crippen molar-refractivity contribution in [1.29, 1.82) is 0 Å². The fourth-order valence-corrected chi connectivity index (χ4v) is 4.47. The van der Waals surface area contributed by atoms with Crippen molar-refractivity contribution in [3.63, 3.8) is 0 Å². The Morgan fingerprint density at radius 2 is 1.69 bits per heavy atom. The average molecular weight is 579 g/mol. The molecule has 0 saturated heterocycles. The highest BCUT2D eigenvalue weighted by Gasteiger charge is 2.51. The fourth-order valence-electron chi connectivity index (χ4n) is 3.02. The van der Waals surface area contributed by atoms with Crippen molar-refractivity contribution in [3.05, 3.63) is 48.3 Å². The lowest BCUT2D eigenvalue weighted by atomic mass is 10.1. The Hall–Kier alpha value is -3.75. The maximum absolute atomic E-state index is 13.2. The average Bonchev–Trinajstić information content (AvgIpc) is 2.82. The Kier molecular flexibility index (Phi) is 10.0. The van der Waals surface area contributed by atoms with E-state index in [1.165, 1.54) is 18.2 Å². The van der Waals surface area contributed by atoms with E-state index in [0.717, 1.165) is 28.6 Å². The van der Waals surface area contributed by atoms with E-state index in [2.05, 4.69) is 20.7 Å². The van der Waals surface area contributed by atoms with Crippen molar-refractivity contribution in [2.75, 3.05) is 29.8 Å². The zero-order valence-corrected chi connectivity index (χ0v) is 22.7. The Balaban J connectivity index is 0.000000580. The summed E-state index contributed by atoms with van der Waals surface area (Å²) in [7, 11) is -2.50. The third kappa shape index (κ3) is 8.37. The standard InChI is InChI=1S/C19H18F4N2O5S.C5H12N2O/c1-18(2,19(21,22)23)30-17(26)24-13-5-8-16-15(11-13)25(9-10-29-16)31(27,28)14-6-3-12(20)4-7-14;1-4(2)7-5(8)6-3/h3-8,11H,9-10H2,1-2H3,(H,24,26);4H,1-3H3,(H2,6,7,8). The van der Waals surface area contributed by atoms with Gasteiger partial charge in [0.05, 0.1) is 17.1 Å². The van der Waals surface area contributed by atoms with Crippen LogP contribution in [0.25, 0.3) is 0 Å². The van der Waals surface area contributed by atoms with Gasteiger partial charge in [-0.15, -0.1) is 0 Å². The second-order valence-corrected chi connectivity index (χ2v) is 10.8. The number of halogens is 4. The highest BCUT2D eigenvalue weighted by atomic mass is 32.2. The first-order valence-electron chi connectivity index (χ1n) is 11.6. The molecule has 2 aromatic rings. The van der Waals surface area contributed by atoms with Gasteiger partial charge in [-0.2, -0.15) is 13.2 Å². The molecule has 3 amide bonds. The van der Waals surface area contributed by atoms with Gasteiger partial charge in [-0.05, 0) is 70.2 Å². The van der Waals surface area contributed by atoms with E-state index in [9.17, 15) is 35.6 Å². The first-order valence-corrected chi connectivity index (χ1v) is 13.0. The third-order valence-electron chi connectivity index (χ3n) is 5.10. The maximum Gasteiger partial charge on any atom is 0.427 e. The summed E-state index contributed by atoms with van der Waals surface area (Å²) in [6, 6.07) is 8.25. The summed E-state index contributed by atoms with van der Waals surface area (Å²) in [5.41, 5.74) is -2.68. The summed E-state index contributed by atoms with van der Waals surface area (Å²) in [5.74, 6) is -0.417. The van der Waals surface area contributed by atoms with Gasteiger partial charge in [0.25, 0.3) is 10.0 Å². The number of carbonyl (C=O) groups is 2. The van der Waals surface area contributed by atoms with Crippen molar-refractivity contribution in [1.82, 2.24) is 10.6 Å². The number of alkyl halides is 3. The van der Waals surface area contributed by atoms with Crippen molar-refractivity contribution < 1.29 is 45.0 Å². The molecule has 3 N–H and O–H groups in total. The number of nitrogens with one attached hydrogen (secondary N) is 3. The van der Waals surface area contributed by atoms with Crippen LogP contribution in [0.4, 0.5) is 38.5 Å². The van der Waals surface area contributed by atoms with Crippen LogP contribution in [0.1, 0.15) is 27.7 Å². The van der Waals surface area contributed by atoms with E-state index in [4.69, 9.17) is 4.74 Å². The minimum atomic E-state index is -4.78. The molecule has 15 heteroatoms. The predicted octanol–water partition coefficient (Wildman–Crippen LogP) is 4.63. The van der Waals surface area contributed by atoms with Crippen LogP contribution in [-0.4, -0.2) is 58.6 Å².